The van der Waals surface area contributed by atoms with Crippen LogP contribution in [0.25, 0.3) is 0 Å². The van der Waals surface area contributed by atoms with Gasteiger partial charge >= 0.3 is 6.18 Å². The van der Waals surface area contributed by atoms with E-state index in [9.17, 15) is 17.6 Å². The van der Waals surface area contributed by atoms with E-state index in [0.29, 0.717) is 25.1 Å². The van der Waals surface area contributed by atoms with Gasteiger partial charge in [0.05, 0.1) is 11.3 Å². The predicted molar refractivity (Wildman–Crippen MR) is 104 cm³/mol. The van der Waals surface area contributed by atoms with Gasteiger partial charge in [-0.1, -0.05) is 0 Å². The molecule has 0 atom stereocenters. The molecule has 3 aromatic rings. The number of nitrogens with zero attached hydrogens (tertiary/aromatic N) is 6. The zero-order valence-corrected chi connectivity index (χ0v) is 16.1. The van der Waals surface area contributed by atoms with Crippen molar-refractivity contribution in [3.05, 3.63) is 54.1 Å². The maximum absolute atomic E-state index is 14.0. The molecule has 3 heterocycles. The molecule has 0 radical (unpaired) electrons. The fourth-order valence-corrected chi connectivity index (χ4v) is 3.25. The molecule has 1 aliphatic rings. The molecular weight excluding hydrogens is 402 g/mol. The van der Waals surface area contributed by atoms with E-state index in [1.165, 1.54) is 4.68 Å². The second-order valence-corrected chi connectivity index (χ2v) is 6.86. The van der Waals surface area contributed by atoms with Gasteiger partial charge in [0, 0.05) is 51.3 Å². The van der Waals surface area contributed by atoms with Crippen molar-refractivity contribution < 1.29 is 17.6 Å². The Kier molecular flexibility index (Phi) is 5.18. The average molecular weight is 421 g/mol. The lowest BCUT2D eigenvalue weighted by atomic mass is 10.2. The van der Waals surface area contributed by atoms with Crippen molar-refractivity contribution in [3.63, 3.8) is 0 Å². The fourth-order valence-electron chi connectivity index (χ4n) is 3.25. The number of halogens is 4. The van der Waals surface area contributed by atoms with Crippen LogP contribution < -0.4 is 15.1 Å². The Bertz CT molecular complexity index is 1010. The second-order valence-electron chi connectivity index (χ2n) is 6.86. The minimum Gasteiger partial charge on any atom is -0.368 e. The average Bonchev–Trinajstić information content (AvgIpc) is 3.10. The number of aromatic nitrogens is 4. The van der Waals surface area contributed by atoms with Crippen LogP contribution in [0, 0.1) is 5.82 Å². The lowest BCUT2D eigenvalue weighted by molar-refractivity contribution is -0.137. The summed E-state index contributed by atoms with van der Waals surface area (Å²) in [6, 6.07) is 6.09. The number of benzene rings is 1. The molecule has 1 N–H and O–H groups in total. The van der Waals surface area contributed by atoms with E-state index >= 15 is 0 Å². The van der Waals surface area contributed by atoms with Crippen molar-refractivity contribution in [2.45, 2.75) is 6.18 Å². The summed E-state index contributed by atoms with van der Waals surface area (Å²) in [4.78, 5) is 12.6. The summed E-state index contributed by atoms with van der Waals surface area (Å²) >= 11 is 0. The fraction of sp³-hybridized carbons (Fsp3) is 0.316. The molecule has 0 amide bonds. The molecule has 0 unspecified atom stereocenters. The number of nitrogens with one attached hydrogen (secondary N) is 1. The highest BCUT2D eigenvalue weighted by Gasteiger charge is 2.31. The standard InChI is InChI=1S/C19H19F4N7/c1-28-17(25-16-12-13(19(21,22)23)2-3-15(16)20)26-18(27-28)30-10-8-29(9-11-30)14-4-6-24-7-5-14/h2-7,12H,8-11H2,1H3,(H,25,26,27). The van der Waals surface area contributed by atoms with Crippen molar-refractivity contribution in [2.24, 2.45) is 7.05 Å². The van der Waals surface area contributed by atoms with E-state index in [-0.39, 0.29) is 11.6 Å². The summed E-state index contributed by atoms with van der Waals surface area (Å²) in [6.07, 6.45) is -1.08. The summed E-state index contributed by atoms with van der Waals surface area (Å²) in [6.45, 7) is 2.86. The first-order valence-electron chi connectivity index (χ1n) is 9.26. The highest BCUT2D eigenvalue weighted by atomic mass is 19.4. The van der Waals surface area contributed by atoms with Gasteiger partial charge in [-0.2, -0.15) is 18.2 Å². The van der Waals surface area contributed by atoms with E-state index in [1.807, 2.05) is 17.0 Å². The van der Waals surface area contributed by atoms with Crippen molar-refractivity contribution in [1.29, 1.82) is 0 Å². The van der Waals surface area contributed by atoms with Crippen molar-refractivity contribution in [3.8, 4) is 0 Å². The Morgan fingerprint density at radius 2 is 1.63 bits per heavy atom. The molecule has 7 nitrogen and oxygen atoms in total. The topological polar surface area (TPSA) is 62.1 Å². The molecule has 4 rings (SSSR count). The smallest absolute Gasteiger partial charge is 0.368 e. The highest BCUT2D eigenvalue weighted by molar-refractivity contribution is 5.57. The van der Waals surface area contributed by atoms with E-state index in [4.69, 9.17) is 0 Å². The molecule has 0 saturated carbocycles. The molecule has 1 fully saturated rings. The second kappa shape index (κ2) is 7.81. The van der Waals surface area contributed by atoms with Crippen LogP contribution in [0.2, 0.25) is 0 Å². The lowest BCUT2D eigenvalue weighted by Crippen LogP contribution is -2.47. The summed E-state index contributed by atoms with van der Waals surface area (Å²) in [5.41, 5.74) is -0.170. The number of rotatable bonds is 4. The van der Waals surface area contributed by atoms with Gasteiger partial charge in [0.15, 0.2) is 0 Å². The summed E-state index contributed by atoms with van der Waals surface area (Å²) in [7, 11) is 1.59. The zero-order chi connectivity index (χ0) is 21.3. The molecular formula is C19H19F4N7. The maximum Gasteiger partial charge on any atom is 0.416 e. The summed E-state index contributed by atoms with van der Waals surface area (Å²) in [5.74, 6) is -0.222. The van der Waals surface area contributed by atoms with Crippen molar-refractivity contribution in [1.82, 2.24) is 19.7 Å². The molecule has 0 spiro atoms. The van der Waals surface area contributed by atoms with Crippen LogP contribution in [0.3, 0.4) is 0 Å². The van der Waals surface area contributed by atoms with E-state index in [0.717, 1.165) is 30.9 Å². The molecule has 0 bridgehead atoms. The van der Waals surface area contributed by atoms with Crippen LogP contribution in [0.15, 0.2) is 42.7 Å². The third-order valence-electron chi connectivity index (χ3n) is 4.88. The Morgan fingerprint density at radius 1 is 0.967 bits per heavy atom. The Balaban J connectivity index is 1.47. The van der Waals surface area contributed by atoms with E-state index in [1.54, 1.807) is 19.4 Å². The quantitative estimate of drug-likeness (QED) is 0.652. The minimum atomic E-state index is -4.57. The monoisotopic (exact) mass is 421 g/mol. The Hall–Kier alpha value is -3.37. The van der Waals surface area contributed by atoms with Gasteiger partial charge < -0.3 is 15.1 Å². The van der Waals surface area contributed by atoms with Crippen molar-refractivity contribution in [2.75, 3.05) is 41.3 Å². The largest absolute Gasteiger partial charge is 0.416 e. The molecule has 30 heavy (non-hydrogen) atoms. The number of pyridine rings is 1. The first-order valence-corrected chi connectivity index (χ1v) is 9.26. The summed E-state index contributed by atoms with van der Waals surface area (Å²) < 4.78 is 54.2. The van der Waals surface area contributed by atoms with Gasteiger partial charge in [0.25, 0.3) is 0 Å². The van der Waals surface area contributed by atoms with Gasteiger partial charge in [-0.05, 0) is 30.3 Å². The Morgan fingerprint density at radius 3 is 2.30 bits per heavy atom. The van der Waals surface area contributed by atoms with Gasteiger partial charge in [0.1, 0.15) is 5.82 Å². The molecule has 0 aliphatic carbocycles. The molecule has 1 aromatic carbocycles. The number of anilines is 4. The van der Waals surface area contributed by atoms with Crippen LogP contribution in [0.1, 0.15) is 5.56 Å². The number of aryl methyl sites for hydroxylation is 1. The lowest BCUT2D eigenvalue weighted by Gasteiger charge is -2.35. The SMILES string of the molecule is Cn1nc(N2CCN(c3ccncc3)CC2)nc1Nc1cc(C(F)(F)F)ccc1F. The van der Waals surface area contributed by atoms with Crippen LogP contribution in [-0.2, 0) is 13.2 Å². The van der Waals surface area contributed by atoms with Crippen LogP contribution >= 0.6 is 0 Å². The first kappa shape index (κ1) is 19.9. The molecule has 1 saturated heterocycles. The molecule has 2 aromatic heterocycles. The van der Waals surface area contributed by atoms with Gasteiger partial charge in [0.2, 0.25) is 11.9 Å². The number of alkyl halides is 3. The maximum atomic E-state index is 14.0. The number of hydrogen-bond donors (Lipinski definition) is 1. The van der Waals surface area contributed by atoms with Crippen molar-refractivity contribution >= 4 is 23.3 Å². The van der Waals surface area contributed by atoms with Gasteiger partial charge in [-0.15, -0.1) is 5.10 Å². The normalized spacial score (nSPS) is 14.8. The van der Waals surface area contributed by atoms with E-state index in [2.05, 4.69) is 25.3 Å². The highest BCUT2D eigenvalue weighted by Crippen LogP contribution is 2.32. The van der Waals surface area contributed by atoms with Crippen LogP contribution in [-0.4, -0.2) is 45.9 Å². The zero-order valence-electron chi connectivity index (χ0n) is 16.1. The van der Waals surface area contributed by atoms with Crippen LogP contribution in [0.4, 0.5) is 40.8 Å². The molecule has 11 heteroatoms. The number of hydrogen-bond acceptors (Lipinski definition) is 6. The van der Waals surface area contributed by atoms with Gasteiger partial charge in [-0.25, -0.2) is 9.07 Å². The number of piperazine rings is 1. The van der Waals surface area contributed by atoms with Gasteiger partial charge in [-0.3, -0.25) is 4.98 Å². The molecule has 1 aliphatic heterocycles. The third-order valence-corrected chi connectivity index (χ3v) is 4.88. The first-order chi connectivity index (χ1) is 14.3. The predicted octanol–water partition coefficient (Wildman–Crippen LogP) is 3.44. The Labute approximate surface area is 170 Å². The van der Waals surface area contributed by atoms with E-state index < -0.39 is 17.6 Å². The molecule has 158 valence electrons. The minimum absolute atomic E-state index is 0.153. The third kappa shape index (κ3) is 4.14. The summed E-state index contributed by atoms with van der Waals surface area (Å²) in [5, 5.41) is 6.94. The van der Waals surface area contributed by atoms with Crippen LogP contribution in [0.5, 0.6) is 0 Å².